The number of nitrogens with zero attached hydrogens (tertiary/aromatic N) is 1. The Balaban J connectivity index is 1.95. The van der Waals surface area contributed by atoms with Crippen molar-refractivity contribution in [3.8, 4) is 17.0 Å². The molecule has 168 valence electrons. The fraction of sp³-hybridized carbons (Fsp3) is 0.304. The van der Waals surface area contributed by atoms with Gasteiger partial charge in [-0.25, -0.2) is 4.39 Å². The number of hydrogen-bond donors (Lipinski definition) is 3. The number of methoxy groups -OCH3 is 2. The van der Waals surface area contributed by atoms with Crippen molar-refractivity contribution in [2.45, 2.75) is 18.8 Å². The number of benzene rings is 1. The molecular weight excluding hydrogens is 435 g/mol. The lowest BCUT2D eigenvalue weighted by atomic mass is 9.79. The van der Waals surface area contributed by atoms with E-state index in [0.29, 0.717) is 64.2 Å². The van der Waals surface area contributed by atoms with Gasteiger partial charge in [0.05, 0.1) is 41.0 Å². The fourth-order valence-corrected chi connectivity index (χ4v) is 4.28. The summed E-state index contributed by atoms with van der Waals surface area (Å²) in [6.45, 7) is 2.98. The first-order valence-electron chi connectivity index (χ1n) is 10.1. The van der Waals surface area contributed by atoms with Crippen LogP contribution in [-0.2, 0) is 10.2 Å². The van der Waals surface area contributed by atoms with Crippen LogP contribution >= 0.6 is 11.6 Å². The highest BCUT2D eigenvalue weighted by Gasteiger charge is 2.40. The van der Waals surface area contributed by atoms with Crippen molar-refractivity contribution in [2.75, 3.05) is 32.7 Å². The molecule has 1 atom stereocenters. The van der Waals surface area contributed by atoms with Gasteiger partial charge in [-0.05, 0) is 24.6 Å². The molecule has 9 heteroatoms. The summed E-state index contributed by atoms with van der Waals surface area (Å²) in [4.78, 5) is 20.2. The molecule has 0 spiro atoms. The van der Waals surface area contributed by atoms with Crippen LogP contribution < -0.4 is 15.4 Å². The molecule has 3 aromatic rings. The maximum absolute atomic E-state index is 14.8. The van der Waals surface area contributed by atoms with Gasteiger partial charge in [-0.2, -0.15) is 0 Å². The minimum absolute atomic E-state index is 0.254. The van der Waals surface area contributed by atoms with Gasteiger partial charge in [0.1, 0.15) is 0 Å². The van der Waals surface area contributed by atoms with Gasteiger partial charge in [0.15, 0.2) is 11.6 Å². The summed E-state index contributed by atoms with van der Waals surface area (Å²) in [5.74, 6) is -0.342. The molecule has 1 amide bonds. The fourth-order valence-electron chi connectivity index (χ4n) is 4.03. The van der Waals surface area contributed by atoms with Gasteiger partial charge in [-0.15, -0.1) is 0 Å². The predicted molar refractivity (Wildman–Crippen MR) is 121 cm³/mol. The number of para-hydroxylation sites is 1. The molecule has 3 N–H and O–H groups in total. The van der Waals surface area contributed by atoms with Crippen molar-refractivity contribution in [1.82, 2.24) is 15.3 Å². The Morgan fingerprint density at radius 2 is 2.12 bits per heavy atom. The third-order valence-corrected chi connectivity index (χ3v) is 6.10. The van der Waals surface area contributed by atoms with Gasteiger partial charge >= 0.3 is 0 Å². The van der Waals surface area contributed by atoms with Gasteiger partial charge in [-0.1, -0.05) is 24.6 Å². The highest BCUT2D eigenvalue weighted by atomic mass is 35.5. The summed E-state index contributed by atoms with van der Waals surface area (Å²) in [6, 6.07) is 6.82. The zero-order chi connectivity index (χ0) is 22.9. The van der Waals surface area contributed by atoms with Crippen LogP contribution in [0.1, 0.15) is 29.4 Å². The molecular formula is C23H24ClFN4O3. The summed E-state index contributed by atoms with van der Waals surface area (Å²) in [7, 11) is 3.15. The van der Waals surface area contributed by atoms with Crippen molar-refractivity contribution in [2.24, 2.45) is 0 Å². The number of H-pyrrole nitrogens is 1. The Morgan fingerprint density at radius 1 is 1.31 bits per heavy atom. The number of halogens is 2. The Bertz CT molecular complexity index is 1170. The number of aromatic amines is 1. The average Bonchev–Trinajstić information content (AvgIpc) is 3.16. The van der Waals surface area contributed by atoms with E-state index in [1.54, 1.807) is 31.4 Å². The lowest BCUT2D eigenvalue weighted by Gasteiger charge is -2.34. The molecule has 7 nitrogen and oxygen atoms in total. The molecule has 1 aliphatic rings. The summed E-state index contributed by atoms with van der Waals surface area (Å²) in [5.41, 5.74) is 2.42. The lowest BCUT2D eigenvalue weighted by molar-refractivity contribution is 0.0913. The second-order valence-corrected chi connectivity index (χ2v) is 8.32. The Kier molecular flexibility index (Phi) is 6.08. The quantitative estimate of drug-likeness (QED) is 0.479. The number of carbonyl (C=O) groups is 1. The van der Waals surface area contributed by atoms with Gasteiger partial charge in [0.25, 0.3) is 5.91 Å². The second kappa shape index (κ2) is 8.80. The van der Waals surface area contributed by atoms with Crippen LogP contribution in [0.4, 0.5) is 15.8 Å². The van der Waals surface area contributed by atoms with E-state index in [4.69, 9.17) is 21.1 Å². The van der Waals surface area contributed by atoms with Crippen molar-refractivity contribution < 1.29 is 18.7 Å². The van der Waals surface area contributed by atoms with E-state index in [0.717, 1.165) is 6.20 Å². The summed E-state index contributed by atoms with van der Waals surface area (Å²) >= 11 is 6.29. The summed E-state index contributed by atoms with van der Waals surface area (Å²) in [6.07, 6.45) is 3.31. The number of aromatic nitrogens is 2. The first kappa shape index (κ1) is 22.1. The third kappa shape index (κ3) is 3.80. The summed E-state index contributed by atoms with van der Waals surface area (Å²) in [5, 5.41) is 6.65. The zero-order valence-corrected chi connectivity index (χ0v) is 18.8. The Morgan fingerprint density at radius 3 is 2.84 bits per heavy atom. The molecule has 32 heavy (non-hydrogen) atoms. The second-order valence-electron chi connectivity index (χ2n) is 7.91. The topological polar surface area (TPSA) is 88.3 Å². The van der Waals surface area contributed by atoms with E-state index in [2.05, 4.69) is 20.6 Å². The number of carbonyl (C=O) groups excluding carboxylic acids is 1. The standard InChI is InChI=1S/C23H24ClFN4O3/c1-23(8-10-31-2)12-27-22(30)17-19(28-16-6-4-5-14(24)20(16)32-3)18(29-21(17)23)13-7-9-26-11-15(13)25/h4-7,9,11,28-29H,8,10,12H2,1-3H3,(H,27,30)/t23-/m0/s1. The number of anilines is 2. The maximum Gasteiger partial charge on any atom is 0.255 e. The molecule has 4 rings (SSSR count). The number of fused-ring (bicyclic) bond motifs is 1. The monoisotopic (exact) mass is 458 g/mol. The molecule has 1 aliphatic heterocycles. The molecule has 3 heterocycles. The lowest BCUT2D eigenvalue weighted by Crippen LogP contribution is -2.45. The number of pyridine rings is 1. The first-order chi connectivity index (χ1) is 15.4. The minimum atomic E-state index is -0.508. The first-order valence-corrected chi connectivity index (χ1v) is 10.5. The highest BCUT2D eigenvalue weighted by molar-refractivity contribution is 6.32. The predicted octanol–water partition coefficient (Wildman–Crippen LogP) is 4.66. The van der Waals surface area contributed by atoms with Crippen molar-refractivity contribution in [1.29, 1.82) is 0 Å². The van der Waals surface area contributed by atoms with E-state index < -0.39 is 11.2 Å². The number of ether oxygens (including phenoxy) is 2. The Labute approximate surface area is 190 Å². The minimum Gasteiger partial charge on any atom is -0.493 e. The average molecular weight is 459 g/mol. The van der Waals surface area contributed by atoms with Crippen LogP contribution in [0.15, 0.2) is 36.7 Å². The van der Waals surface area contributed by atoms with E-state index in [1.807, 2.05) is 6.92 Å². The van der Waals surface area contributed by atoms with E-state index in [1.165, 1.54) is 13.3 Å². The highest BCUT2D eigenvalue weighted by Crippen LogP contribution is 2.45. The molecule has 0 bridgehead atoms. The third-order valence-electron chi connectivity index (χ3n) is 5.80. The molecule has 0 fully saturated rings. The normalized spacial score (nSPS) is 17.6. The van der Waals surface area contributed by atoms with Crippen molar-refractivity contribution in [3.63, 3.8) is 0 Å². The maximum atomic E-state index is 14.8. The SMILES string of the molecule is COCC[C@@]1(C)CNC(=O)c2c1[nH]c(-c1ccncc1F)c2Nc1cccc(Cl)c1OC. The van der Waals surface area contributed by atoms with Gasteiger partial charge in [0, 0.05) is 43.1 Å². The largest absolute Gasteiger partial charge is 0.493 e. The van der Waals surface area contributed by atoms with Crippen LogP contribution in [0.5, 0.6) is 5.75 Å². The van der Waals surface area contributed by atoms with Gasteiger partial charge in [-0.3, -0.25) is 9.78 Å². The van der Waals surface area contributed by atoms with Crippen molar-refractivity contribution in [3.05, 3.63) is 58.8 Å². The molecule has 0 saturated carbocycles. The molecule has 0 radical (unpaired) electrons. The van der Waals surface area contributed by atoms with Crippen molar-refractivity contribution >= 4 is 28.9 Å². The van der Waals surface area contributed by atoms with Crippen LogP contribution in [-0.4, -0.2) is 43.2 Å². The Hall–Kier alpha value is -3.10. The van der Waals surface area contributed by atoms with Gasteiger partial charge < -0.3 is 25.1 Å². The molecule has 0 aliphatic carbocycles. The number of hydrogen-bond acceptors (Lipinski definition) is 5. The summed E-state index contributed by atoms with van der Waals surface area (Å²) < 4.78 is 25.5. The zero-order valence-electron chi connectivity index (χ0n) is 18.0. The van der Waals surface area contributed by atoms with Crippen LogP contribution in [0.2, 0.25) is 5.02 Å². The number of rotatable bonds is 7. The molecule has 1 aromatic carbocycles. The molecule has 2 aromatic heterocycles. The van der Waals surface area contributed by atoms with E-state index >= 15 is 0 Å². The smallest absolute Gasteiger partial charge is 0.255 e. The van der Waals surface area contributed by atoms with Crippen LogP contribution in [0, 0.1) is 5.82 Å². The van der Waals surface area contributed by atoms with Crippen LogP contribution in [0.25, 0.3) is 11.3 Å². The van der Waals surface area contributed by atoms with Crippen LogP contribution in [0.3, 0.4) is 0 Å². The van der Waals surface area contributed by atoms with Gasteiger partial charge in [0.2, 0.25) is 0 Å². The number of amides is 1. The number of nitrogens with one attached hydrogen (secondary N) is 3. The van der Waals surface area contributed by atoms with E-state index in [9.17, 15) is 9.18 Å². The molecule has 0 saturated heterocycles. The molecule has 0 unspecified atom stereocenters. The van der Waals surface area contributed by atoms with E-state index in [-0.39, 0.29) is 5.91 Å².